The molecule has 0 bridgehead atoms. The van der Waals surface area contributed by atoms with Gasteiger partial charge in [0.15, 0.2) is 0 Å². The molecule has 1 aromatic heterocycles. The Labute approximate surface area is 187 Å². The third-order valence-corrected chi connectivity index (χ3v) is 5.70. The minimum Gasteiger partial charge on any atom is -0.337 e. The molecule has 0 radical (unpaired) electrons. The van der Waals surface area contributed by atoms with Gasteiger partial charge in [-0.1, -0.05) is 35.0 Å². The van der Waals surface area contributed by atoms with Gasteiger partial charge in [-0.25, -0.2) is 0 Å². The highest BCUT2D eigenvalue weighted by atomic mass is 35.5. The van der Waals surface area contributed by atoms with Gasteiger partial charge in [-0.15, -0.1) is 0 Å². The van der Waals surface area contributed by atoms with Crippen molar-refractivity contribution in [3.63, 3.8) is 0 Å². The van der Waals surface area contributed by atoms with Gasteiger partial charge < -0.3 is 9.42 Å². The van der Waals surface area contributed by atoms with E-state index in [1.807, 2.05) is 6.92 Å². The maximum Gasteiger partial charge on any atom is 0.416 e. The molecule has 2 heterocycles. The van der Waals surface area contributed by atoms with Crippen molar-refractivity contribution in [1.29, 1.82) is 0 Å². The lowest BCUT2D eigenvalue weighted by Gasteiger charge is -2.36. The second-order valence-electron chi connectivity index (χ2n) is 7.55. The van der Waals surface area contributed by atoms with Crippen LogP contribution in [-0.4, -0.2) is 52.0 Å². The molecule has 1 atom stereocenters. The highest BCUT2D eigenvalue weighted by molar-refractivity contribution is 6.30. The molecule has 3 aromatic rings. The average molecular weight is 465 g/mol. The zero-order chi connectivity index (χ0) is 22.9. The van der Waals surface area contributed by atoms with Gasteiger partial charge in [0.2, 0.25) is 11.7 Å². The Balaban J connectivity index is 1.41. The highest BCUT2D eigenvalue weighted by Crippen LogP contribution is 2.32. The van der Waals surface area contributed by atoms with Crippen LogP contribution in [0, 0.1) is 0 Å². The summed E-state index contributed by atoms with van der Waals surface area (Å²) in [5, 5.41) is 4.37. The van der Waals surface area contributed by atoms with Crippen LogP contribution in [0.2, 0.25) is 5.02 Å². The molecular formula is C22H20ClF3N4O2. The van der Waals surface area contributed by atoms with Crippen molar-refractivity contribution in [2.75, 3.05) is 26.2 Å². The van der Waals surface area contributed by atoms with Crippen LogP contribution in [0.1, 0.15) is 34.8 Å². The Morgan fingerprint density at radius 1 is 1.09 bits per heavy atom. The van der Waals surface area contributed by atoms with E-state index in [-0.39, 0.29) is 23.3 Å². The third kappa shape index (κ3) is 4.78. The fourth-order valence-electron chi connectivity index (χ4n) is 3.63. The van der Waals surface area contributed by atoms with E-state index in [0.29, 0.717) is 42.7 Å². The van der Waals surface area contributed by atoms with E-state index in [0.717, 1.165) is 12.1 Å². The monoisotopic (exact) mass is 464 g/mol. The molecule has 1 aliphatic rings. The number of halogens is 4. The van der Waals surface area contributed by atoms with Gasteiger partial charge in [0.05, 0.1) is 11.6 Å². The summed E-state index contributed by atoms with van der Waals surface area (Å²) in [5.41, 5.74) is 0.00971. The Kier molecular flexibility index (Phi) is 6.21. The van der Waals surface area contributed by atoms with Gasteiger partial charge in [-0.2, -0.15) is 18.2 Å². The highest BCUT2D eigenvalue weighted by Gasteiger charge is 2.31. The van der Waals surface area contributed by atoms with Crippen molar-refractivity contribution in [1.82, 2.24) is 19.9 Å². The van der Waals surface area contributed by atoms with Gasteiger partial charge in [-0.05, 0) is 37.3 Å². The van der Waals surface area contributed by atoms with Crippen molar-refractivity contribution in [2.24, 2.45) is 0 Å². The SMILES string of the molecule is CC(c1nc(-c2cccc(C(F)(F)F)c2)no1)N1CCN(C(=O)c2cccc(Cl)c2)CC1. The van der Waals surface area contributed by atoms with Crippen LogP contribution < -0.4 is 0 Å². The molecule has 0 N–H and O–H groups in total. The van der Waals surface area contributed by atoms with Crippen molar-refractivity contribution < 1.29 is 22.5 Å². The maximum atomic E-state index is 13.0. The van der Waals surface area contributed by atoms with E-state index in [1.54, 1.807) is 29.2 Å². The van der Waals surface area contributed by atoms with Gasteiger partial charge in [-0.3, -0.25) is 9.69 Å². The quantitative estimate of drug-likeness (QED) is 0.548. The van der Waals surface area contributed by atoms with Gasteiger partial charge in [0.25, 0.3) is 5.91 Å². The Morgan fingerprint density at radius 2 is 1.81 bits per heavy atom. The standard InChI is InChI=1S/C22H20ClF3N4O2/c1-14(20-27-19(28-32-20)15-4-2-6-17(12-15)22(24,25)26)29-8-10-30(11-9-29)21(31)16-5-3-7-18(23)13-16/h2-7,12-14H,8-11H2,1H3. The second kappa shape index (κ2) is 8.91. The number of aromatic nitrogens is 2. The molecule has 1 aliphatic heterocycles. The maximum absolute atomic E-state index is 13.0. The lowest BCUT2D eigenvalue weighted by Crippen LogP contribution is -2.49. The number of piperazine rings is 1. The number of hydrogen-bond donors (Lipinski definition) is 0. The molecule has 1 unspecified atom stereocenters. The zero-order valence-electron chi connectivity index (χ0n) is 17.1. The Hall–Kier alpha value is -2.91. The predicted molar refractivity (Wildman–Crippen MR) is 112 cm³/mol. The molecular weight excluding hydrogens is 445 g/mol. The Bertz CT molecular complexity index is 1110. The number of amides is 1. The first kappa shape index (κ1) is 22.3. The minimum atomic E-state index is -4.45. The molecule has 2 aromatic carbocycles. The molecule has 32 heavy (non-hydrogen) atoms. The third-order valence-electron chi connectivity index (χ3n) is 5.47. The summed E-state index contributed by atoms with van der Waals surface area (Å²) >= 11 is 5.98. The summed E-state index contributed by atoms with van der Waals surface area (Å²) in [5.74, 6) is 0.337. The van der Waals surface area contributed by atoms with Gasteiger partial charge in [0, 0.05) is 42.3 Å². The van der Waals surface area contributed by atoms with Crippen molar-refractivity contribution in [3.8, 4) is 11.4 Å². The van der Waals surface area contributed by atoms with Crippen LogP contribution in [0.3, 0.4) is 0 Å². The van der Waals surface area contributed by atoms with Crippen LogP contribution in [0.25, 0.3) is 11.4 Å². The summed E-state index contributed by atoms with van der Waals surface area (Å²) in [4.78, 5) is 20.8. The normalized spacial score (nSPS) is 16.2. The number of nitrogens with zero attached hydrogens (tertiary/aromatic N) is 4. The van der Waals surface area contributed by atoms with E-state index in [1.165, 1.54) is 12.1 Å². The van der Waals surface area contributed by atoms with E-state index < -0.39 is 11.7 Å². The van der Waals surface area contributed by atoms with Gasteiger partial charge in [0.1, 0.15) is 0 Å². The molecule has 0 saturated carbocycles. The van der Waals surface area contributed by atoms with E-state index in [9.17, 15) is 18.0 Å². The number of hydrogen-bond acceptors (Lipinski definition) is 5. The number of rotatable bonds is 4. The summed E-state index contributed by atoms with van der Waals surface area (Å²) in [6.45, 7) is 4.11. The fraction of sp³-hybridized carbons (Fsp3) is 0.318. The molecule has 0 aliphatic carbocycles. The van der Waals surface area contributed by atoms with E-state index in [2.05, 4.69) is 15.0 Å². The van der Waals surface area contributed by atoms with Crippen LogP contribution in [0.4, 0.5) is 13.2 Å². The fourth-order valence-corrected chi connectivity index (χ4v) is 3.82. The topological polar surface area (TPSA) is 62.5 Å². The molecule has 1 saturated heterocycles. The van der Waals surface area contributed by atoms with Crippen molar-refractivity contribution >= 4 is 17.5 Å². The van der Waals surface area contributed by atoms with Crippen LogP contribution in [0.15, 0.2) is 53.1 Å². The first-order valence-corrected chi connectivity index (χ1v) is 10.4. The van der Waals surface area contributed by atoms with E-state index >= 15 is 0 Å². The van der Waals surface area contributed by atoms with Crippen LogP contribution >= 0.6 is 11.6 Å². The molecule has 10 heteroatoms. The molecule has 1 amide bonds. The average Bonchev–Trinajstić information content (AvgIpc) is 3.28. The second-order valence-corrected chi connectivity index (χ2v) is 7.99. The predicted octanol–water partition coefficient (Wildman–Crippen LogP) is 4.93. The molecule has 4 rings (SSSR count). The Morgan fingerprint density at radius 3 is 2.50 bits per heavy atom. The largest absolute Gasteiger partial charge is 0.416 e. The van der Waals surface area contributed by atoms with Crippen LogP contribution in [-0.2, 0) is 6.18 Å². The summed E-state index contributed by atoms with van der Waals surface area (Å²) in [6, 6.07) is 11.4. The summed E-state index contributed by atoms with van der Waals surface area (Å²) in [7, 11) is 0. The van der Waals surface area contributed by atoms with E-state index in [4.69, 9.17) is 16.1 Å². The lowest BCUT2D eigenvalue weighted by atomic mass is 10.1. The molecule has 0 spiro atoms. The number of carbonyl (C=O) groups is 1. The van der Waals surface area contributed by atoms with Gasteiger partial charge >= 0.3 is 6.18 Å². The number of alkyl halides is 3. The van der Waals surface area contributed by atoms with Crippen molar-refractivity contribution in [2.45, 2.75) is 19.1 Å². The summed E-state index contributed by atoms with van der Waals surface area (Å²) < 4.78 is 44.3. The number of benzene rings is 2. The molecule has 168 valence electrons. The van der Waals surface area contributed by atoms with Crippen molar-refractivity contribution in [3.05, 3.63) is 70.6 Å². The zero-order valence-corrected chi connectivity index (χ0v) is 17.9. The molecule has 6 nitrogen and oxygen atoms in total. The van der Waals surface area contributed by atoms with Crippen LogP contribution in [0.5, 0.6) is 0 Å². The minimum absolute atomic E-state index is 0.0792. The number of carbonyl (C=O) groups excluding carboxylic acids is 1. The smallest absolute Gasteiger partial charge is 0.337 e. The molecule has 1 fully saturated rings. The lowest BCUT2D eigenvalue weighted by molar-refractivity contribution is -0.137. The summed E-state index contributed by atoms with van der Waals surface area (Å²) in [6.07, 6.45) is -4.45. The first-order chi connectivity index (χ1) is 15.2. The first-order valence-electron chi connectivity index (χ1n) is 10.0.